The number of para-hydroxylation sites is 1. The summed E-state index contributed by atoms with van der Waals surface area (Å²) in [6.45, 7) is 6.16. The van der Waals surface area contributed by atoms with E-state index in [-0.39, 0.29) is 35.5 Å². The van der Waals surface area contributed by atoms with Gasteiger partial charge in [0.2, 0.25) is 17.7 Å². The van der Waals surface area contributed by atoms with E-state index in [1.807, 2.05) is 31.2 Å². The lowest BCUT2D eigenvalue weighted by Gasteiger charge is -2.41. The van der Waals surface area contributed by atoms with Crippen LogP contribution >= 0.6 is 11.6 Å². The van der Waals surface area contributed by atoms with Crippen molar-refractivity contribution in [3.05, 3.63) is 58.6 Å². The molecule has 5 rings (SSSR count). The average molecular weight is 595 g/mol. The van der Waals surface area contributed by atoms with Crippen LogP contribution in [0.25, 0.3) is 0 Å². The third-order valence-corrected chi connectivity index (χ3v) is 9.61. The maximum Gasteiger partial charge on any atom is 0.227 e. The SMILES string of the molecule is Cc1ccc(N2CC(C(=O)NCCN3CCC4(CCCCCc5ccccc5OCCNC4=O)CC3)CC2=O)cc1Cl. The smallest absolute Gasteiger partial charge is 0.227 e. The predicted octanol–water partition coefficient (Wildman–Crippen LogP) is 4.51. The molecule has 0 aliphatic carbocycles. The van der Waals surface area contributed by atoms with Crippen molar-refractivity contribution in [1.82, 2.24) is 15.5 Å². The normalized spacial score (nSPS) is 21.9. The van der Waals surface area contributed by atoms with Crippen molar-refractivity contribution in [3.63, 3.8) is 0 Å². The molecule has 3 heterocycles. The summed E-state index contributed by atoms with van der Waals surface area (Å²) in [5.41, 5.74) is 2.59. The Morgan fingerprint density at radius 1 is 1.10 bits per heavy atom. The molecule has 1 unspecified atom stereocenters. The molecule has 3 aliphatic rings. The maximum absolute atomic E-state index is 13.4. The summed E-state index contributed by atoms with van der Waals surface area (Å²) in [4.78, 5) is 42.9. The fourth-order valence-electron chi connectivity index (χ4n) is 6.48. The molecule has 3 aliphatic heterocycles. The van der Waals surface area contributed by atoms with Crippen LogP contribution < -0.4 is 20.3 Å². The van der Waals surface area contributed by atoms with Crippen LogP contribution in [-0.4, -0.2) is 68.5 Å². The Kier molecular flexibility index (Phi) is 10.1. The number of nitrogens with one attached hydrogen (secondary N) is 2. The van der Waals surface area contributed by atoms with E-state index in [1.165, 1.54) is 5.56 Å². The Bertz CT molecular complexity index is 1280. The van der Waals surface area contributed by atoms with Crippen molar-refractivity contribution < 1.29 is 19.1 Å². The first kappa shape index (κ1) is 30.4. The summed E-state index contributed by atoms with van der Waals surface area (Å²) < 4.78 is 6.00. The Labute approximate surface area is 254 Å². The zero-order valence-electron chi connectivity index (χ0n) is 24.6. The fraction of sp³-hybridized carbons (Fsp3) is 0.545. The number of fused-ring (bicyclic) bond motifs is 1. The van der Waals surface area contributed by atoms with Crippen LogP contribution in [0.1, 0.15) is 56.1 Å². The Balaban J connectivity index is 1.07. The number of likely N-dealkylation sites (tertiary alicyclic amines) is 1. The van der Waals surface area contributed by atoms with Crippen molar-refractivity contribution in [2.24, 2.45) is 11.3 Å². The van der Waals surface area contributed by atoms with E-state index >= 15 is 0 Å². The minimum Gasteiger partial charge on any atom is -0.491 e. The van der Waals surface area contributed by atoms with Crippen molar-refractivity contribution in [1.29, 1.82) is 0 Å². The molecule has 0 bridgehead atoms. The van der Waals surface area contributed by atoms with E-state index in [1.54, 1.807) is 11.0 Å². The Morgan fingerprint density at radius 3 is 2.71 bits per heavy atom. The summed E-state index contributed by atoms with van der Waals surface area (Å²) in [7, 11) is 0. The number of hydrogen-bond donors (Lipinski definition) is 2. The number of amides is 3. The summed E-state index contributed by atoms with van der Waals surface area (Å²) in [6, 6.07) is 13.8. The lowest BCUT2D eigenvalue weighted by molar-refractivity contribution is -0.134. The molecule has 0 saturated carbocycles. The zero-order valence-corrected chi connectivity index (χ0v) is 25.4. The van der Waals surface area contributed by atoms with Gasteiger partial charge in [0, 0.05) is 36.8 Å². The lowest BCUT2D eigenvalue weighted by Crippen LogP contribution is -2.50. The van der Waals surface area contributed by atoms with E-state index in [9.17, 15) is 14.4 Å². The number of aryl methyl sites for hydroxylation is 2. The average Bonchev–Trinajstić information content (AvgIpc) is 3.39. The van der Waals surface area contributed by atoms with Gasteiger partial charge >= 0.3 is 0 Å². The summed E-state index contributed by atoms with van der Waals surface area (Å²) in [5, 5.41) is 6.82. The molecule has 0 radical (unpaired) electrons. The lowest BCUT2D eigenvalue weighted by atomic mass is 9.73. The number of nitrogens with zero attached hydrogens (tertiary/aromatic N) is 2. The molecule has 2 aromatic rings. The van der Waals surface area contributed by atoms with Gasteiger partial charge in [0.1, 0.15) is 12.4 Å². The number of halogens is 1. The molecule has 1 atom stereocenters. The van der Waals surface area contributed by atoms with E-state index < -0.39 is 0 Å². The number of piperidine rings is 1. The van der Waals surface area contributed by atoms with Gasteiger partial charge in [0.15, 0.2) is 0 Å². The van der Waals surface area contributed by atoms with Crippen molar-refractivity contribution in [3.8, 4) is 5.75 Å². The number of carbonyl (C=O) groups excluding carboxylic acids is 3. The minimum absolute atomic E-state index is 0.0570. The molecular weight excluding hydrogens is 552 g/mol. The molecule has 2 fully saturated rings. The summed E-state index contributed by atoms with van der Waals surface area (Å²) in [6.07, 6.45) is 6.97. The standard InChI is InChI=1S/C33H43ClN4O4/c1-24-10-11-27(22-28(24)34)38-23-26(21-30(38)39)31(40)35-15-19-37-17-13-33(14-18-37)12-6-2-3-7-25-8-4-5-9-29(25)42-20-16-36-32(33)41/h4-5,8-11,22,26H,2-3,6-7,12-21,23H2,1H3,(H,35,40)(H,36,41). The summed E-state index contributed by atoms with van der Waals surface area (Å²) >= 11 is 6.25. The number of rotatable bonds is 5. The zero-order chi connectivity index (χ0) is 29.5. The molecule has 0 aromatic heterocycles. The van der Waals surface area contributed by atoms with Gasteiger partial charge < -0.3 is 25.2 Å². The minimum atomic E-state index is -0.372. The highest BCUT2D eigenvalue weighted by Gasteiger charge is 2.41. The van der Waals surface area contributed by atoms with Gasteiger partial charge in [-0.25, -0.2) is 0 Å². The second-order valence-corrected chi connectivity index (χ2v) is 12.4. The molecule has 2 aromatic carbocycles. The van der Waals surface area contributed by atoms with Crippen LogP contribution in [0, 0.1) is 18.3 Å². The van der Waals surface area contributed by atoms with Gasteiger partial charge in [-0.05, 0) is 81.4 Å². The maximum atomic E-state index is 13.4. The van der Waals surface area contributed by atoms with Crippen LogP contribution in [-0.2, 0) is 20.8 Å². The van der Waals surface area contributed by atoms with E-state index in [4.69, 9.17) is 16.3 Å². The molecule has 9 heteroatoms. The van der Waals surface area contributed by atoms with Crippen molar-refractivity contribution in [2.75, 3.05) is 50.8 Å². The van der Waals surface area contributed by atoms with E-state index in [0.717, 1.165) is 81.6 Å². The topological polar surface area (TPSA) is 91.0 Å². The van der Waals surface area contributed by atoms with Crippen LogP contribution in [0.15, 0.2) is 42.5 Å². The van der Waals surface area contributed by atoms with Gasteiger partial charge in [-0.1, -0.05) is 48.7 Å². The van der Waals surface area contributed by atoms with Crippen LogP contribution in [0.2, 0.25) is 5.02 Å². The van der Waals surface area contributed by atoms with Gasteiger partial charge in [-0.3, -0.25) is 14.4 Å². The highest BCUT2D eigenvalue weighted by molar-refractivity contribution is 6.31. The van der Waals surface area contributed by atoms with Gasteiger partial charge in [-0.2, -0.15) is 0 Å². The second-order valence-electron chi connectivity index (χ2n) is 12.0. The second kappa shape index (κ2) is 13.9. The first-order chi connectivity index (χ1) is 20.3. The third kappa shape index (κ3) is 7.27. The molecule has 2 N–H and O–H groups in total. The van der Waals surface area contributed by atoms with Crippen molar-refractivity contribution >= 4 is 35.0 Å². The quantitative estimate of drug-likeness (QED) is 0.532. The molecule has 42 heavy (non-hydrogen) atoms. The summed E-state index contributed by atoms with van der Waals surface area (Å²) in [5.74, 6) is 0.559. The van der Waals surface area contributed by atoms with Gasteiger partial charge in [0.25, 0.3) is 0 Å². The monoisotopic (exact) mass is 594 g/mol. The van der Waals surface area contributed by atoms with Crippen LogP contribution in [0.5, 0.6) is 5.75 Å². The van der Waals surface area contributed by atoms with Gasteiger partial charge in [-0.15, -0.1) is 0 Å². The number of ether oxygens (including phenoxy) is 1. The number of benzene rings is 2. The fourth-order valence-corrected chi connectivity index (χ4v) is 6.65. The molecular formula is C33H43ClN4O4. The number of hydrogen-bond acceptors (Lipinski definition) is 5. The molecule has 8 nitrogen and oxygen atoms in total. The number of anilines is 1. The van der Waals surface area contributed by atoms with E-state index in [0.29, 0.717) is 31.3 Å². The highest BCUT2D eigenvalue weighted by atomic mass is 35.5. The molecule has 3 amide bonds. The predicted molar refractivity (Wildman–Crippen MR) is 165 cm³/mol. The Morgan fingerprint density at radius 2 is 1.90 bits per heavy atom. The largest absolute Gasteiger partial charge is 0.491 e. The van der Waals surface area contributed by atoms with Crippen molar-refractivity contribution in [2.45, 2.75) is 58.3 Å². The van der Waals surface area contributed by atoms with Crippen LogP contribution in [0.3, 0.4) is 0 Å². The molecule has 1 spiro atoms. The van der Waals surface area contributed by atoms with E-state index in [2.05, 4.69) is 27.7 Å². The third-order valence-electron chi connectivity index (χ3n) is 9.20. The molecule has 2 saturated heterocycles. The Hall–Kier alpha value is -3.10. The molecule has 226 valence electrons. The first-order valence-corrected chi connectivity index (χ1v) is 15.8. The van der Waals surface area contributed by atoms with Crippen LogP contribution in [0.4, 0.5) is 5.69 Å². The highest BCUT2D eigenvalue weighted by Crippen LogP contribution is 2.37. The van der Waals surface area contributed by atoms with Gasteiger partial charge in [0.05, 0.1) is 17.9 Å². The first-order valence-electron chi connectivity index (χ1n) is 15.4. The number of carbonyl (C=O) groups is 3.